The maximum atomic E-state index is 13.1. The zero-order valence-electron chi connectivity index (χ0n) is 12.5. The third-order valence-corrected chi connectivity index (χ3v) is 4.96. The summed E-state index contributed by atoms with van der Waals surface area (Å²) in [5, 5.41) is 3.03. The van der Waals surface area contributed by atoms with Crippen LogP contribution in [-0.4, -0.2) is 28.9 Å². The molecule has 120 valence electrons. The molecule has 0 spiro atoms. The predicted octanol–water partition coefficient (Wildman–Crippen LogP) is 3.92. The minimum Gasteiger partial charge on any atom is -0.381 e. The van der Waals surface area contributed by atoms with Crippen molar-refractivity contribution in [2.75, 3.05) is 19.0 Å². The molecule has 3 rings (SSSR count). The van der Waals surface area contributed by atoms with E-state index >= 15 is 0 Å². The summed E-state index contributed by atoms with van der Waals surface area (Å²) >= 11 is 2.88. The molecule has 7 heteroatoms. The summed E-state index contributed by atoms with van der Waals surface area (Å²) in [7, 11) is 0. The van der Waals surface area contributed by atoms with Crippen LogP contribution >= 0.6 is 23.1 Å². The summed E-state index contributed by atoms with van der Waals surface area (Å²) in [4.78, 5) is 20.4. The maximum Gasteiger partial charge on any atom is 0.260 e. The predicted molar refractivity (Wildman–Crippen MR) is 92.9 cm³/mol. The zero-order chi connectivity index (χ0) is 16.2. The third-order valence-electron chi connectivity index (χ3n) is 3.25. The molecule has 2 aromatic heterocycles. The van der Waals surface area contributed by atoms with Crippen LogP contribution in [0.2, 0.25) is 0 Å². The molecule has 0 unspecified atom stereocenters. The van der Waals surface area contributed by atoms with Crippen LogP contribution in [0.4, 0.5) is 4.39 Å². The van der Waals surface area contributed by atoms with Crippen molar-refractivity contribution in [3.63, 3.8) is 0 Å². The number of benzene rings is 1. The first-order valence-corrected chi connectivity index (χ1v) is 9.03. The Morgan fingerprint density at radius 1 is 1.35 bits per heavy atom. The highest BCUT2D eigenvalue weighted by Crippen LogP contribution is 2.31. The van der Waals surface area contributed by atoms with Gasteiger partial charge in [0.1, 0.15) is 10.6 Å². The Labute approximate surface area is 140 Å². The average molecular weight is 350 g/mol. The second-order valence-corrected chi connectivity index (χ2v) is 6.69. The molecule has 0 atom stereocenters. The van der Waals surface area contributed by atoms with Crippen molar-refractivity contribution in [3.05, 3.63) is 45.8 Å². The summed E-state index contributed by atoms with van der Waals surface area (Å²) in [6.45, 7) is 3.24. The number of fused-ring (bicyclic) bond motifs is 1. The molecule has 3 aromatic rings. The molecule has 2 heterocycles. The molecule has 0 amide bonds. The molecule has 23 heavy (non-hydrogen) atoms. The highest BCUT2D eigenvalue weighted by molar-refractivity contribution is 7.99. The lowest BCUT2D eigenvalue weighted by molar-refractivity contribution is 0.164. The number of thiophene rings is 1. The van der Waals surface area contributed by atoms with Gasteiger partial charge in [-0.25, -0.2) is 9.37 Å². The Kier molecular flexibility index (Phi) is 5.09. The van der Waals surface area contributed by atoms with Crippen LogP contribution in [0.1, 0.15) is 6.92 Å². The van der Waals surface area contributed by atoms with Crippen LogP contribution < -0.4 is 5.56 Å². The van der Waals surface area contributed by atoms with Gasteiger partial charge < -0.3 is 9.72 Å². The fraction of sp³-hybridized carbons (Fsp3) is 0.250. The molecule has 0 bridgehead atoms. The molecule has 0 saturated heterocycles. The number of nitrogens with zero attached hydrogens (tertiary/aromatic N) is 1. The Hall–Kier alpha value is -1.70. The lowest BCUT2D eigenvalue weighted by Gasteiger charge is -2.02. The first-order chi connectivity index (χ1) is 11.2. The number of hydrogen-bond acceptors (Lipinski definition) is 5. The van der Waals surface area contributed by atoms with Crippen molar-refractivity contribution in [2.24, 2.45) is 0 Å². The Balaban J connectivity index is 1.92. The molecule has 0 aliphatic rings. The summed E-state index contributed by atoms with van der Waals surface area (Å²) in [5.41, 5.74) is 1.42. The van der Waals surface area contributed by atoms with Crippen LogP contribution in [0.3, 0.4) is 0 Å². The quantitative estimate of drug-likeness (QED) is 0.416. The van der Waals surface area contributed by atoms with Crippen LogP contribution in [0.15, 0.2) is 39.6 Å². The highest BCUT2D eigenvalue weighted by Gasteiger charge is 2.13. The van der Waals surface area contributed by atoms with Crippen molar-refractivity contribution in [1.82, 2.24) is 9.97 Å². The lowest BCUT2D eigenvalue weighted by atomic mass is 10.1. The van der Waals surface area contributed by atoms with Crippen LogP contribution in [-0.2, 0) is 4.74 Å². The Bertz CT molecular complexity index is 859. The Morgan fingerprint density at radius 3 is 2.87 bits per heavy atom. The van der Waals surface area contributed by atoms with E-state index < -0.39 is 0 Å². The first-order valence-electron chi connectivity index (χ1n) is 7.17. The highest BCUT2D eigenvalue weighted by atomic mass is 32.2. The molecular weight excluding hydrogens is 335 g/mol. The number of aromatic amines is 1. The lowest BCUT2D eigenvalue weighted by Crippen LogP contribution is -2.09. The van der Waals surface area contributed by atoms with Gasteiger partial charge in [0.05, 0.1) is 12.0 Å². The van der Waals surface area contributed by atoms with E-state index in [0.29, 0.717) is 28.6 Å². The van der Waals surface area contributed by atoms with E-state index in [-0.39, 0.29) is 11.4 Å². The summed E-state index contributed by atoms with van der Waals surface area (Å²) in [6, 6.07) is 6.11. The summed E-state index contributed by atoms with van der Waals surface area (Å²) in [5.74, 6) is 0.437. The van der Waals surface area contributed by atoms with Crippen molar-refractivity contribution in [3.8, 4) is 11.1 Å². The number of hydrogen-bond donors (Lipinski definition) is 1. The second-order valence-electron chi connectivity index (χ2n) is 4.75. The molecule has 0 aliphatic heterocycles. The van der Waals surface area contributed by atoms with Gasteiger partial charge in [-0.1, -0.05) is 23.9 Å². The van der Waals surface area contributed by atoms with Crippen LogP contribution in [0.5, 0.6) is 0 Å². The monoisotopic (exact) mass is 350 g/mol. The van der Waals surface area contributed by atoms with E-state index in [4.69, 9.17) is 4.74 Å². The fourth-order valence-electron chi connectivity index (χ4n) is 2.18. The molecule has 1 N–H and O–H groups in total. The minimum atomic E-state index is -0.298. The molecule has 4 nitrogen and oxygen atoms in total. The van der Waals surface area contributed by atoms with Gasteiger partial charge in [0.2, 0.25) is 0 Å². The molecule has 1 aromatic carbocycles. The van der Waals surface area contributed by atoms with Crippen molar-refractivity contribution in [2.45, 2.75) is 12.1 Å². The van der Waals surface area contributed by atoms with Gasteiger partial charge in [-0.15, -0.1) is 11.3 Å². The Morgan fingerprint density at radius 2 is 2.13 bits per heavy atom. The van der Waals surface area contributed by atoms with Gasteiger partial charge in [-0.3, -0.25) is 4.79 Å². The van der Waals surface area contributed by atoms with E-state index in [2.05, 4.69) is 9.97 Å². The standard InChI is InChI=1S/C16H15FN2O2S2/c1-2-21-7-8-22-16-18-14(20)13-12(9-23-15(13)19-16)10-3-5-11(17)6-4-10/h3-6,9H,2,7-8H2,1H3,(H,18,19,20). The molecule has 0 radical (unpaired) electrons. The number of nitrogens with one attached hydrogen (secondary N) is 1. The van der Waals surface area contributed by atoms with Crippen LogP contribution in [0.25, 0.3) is 21.3 Å². The van der Waals surface area contributed by atoms with Gasteiger partial charge in [0, 0.05) is 23.3 Å². The number of H-pyrrole nitrogens is 1. The largest absolute Gasteiger partial charge is 0.381 e. The topological polar surface area (TPSA) is 55.0 Å². The summed E-state index contributed by atoms with van der Waals surface area (Å²) in [6.07, 6.45) is 0. The third kappa shape index (κ3) is 3.63. The van der Waals surface area contributed by atoms with Gasteiger partial charge in [0.25, 0.3) is 5.56 Å². The van der Waals surface area contributed by atoms with Gasteiger partial charge >= 0.3 is 0 Å². The zero-order valence-corrected chi connectivity index (χ0v) is 14.1. The second kappa shape index (κ2) is 7.25. The van der Waals surface area contributed by atoms with E-state index in [0.717, 1.165) is 16.9 Å². The first kappa shape index (κ1) is 16.2. The smallest absolute Gasteiger partial charge is 0.260 e. The number of rotatable bonds is 6. The normalized spacial score (nSPS) is 11.2. The fourth-order valence-corrected chi connectivity index (χ4v) is 3.90. The molecule has 0 aliphatic carbocycles. The number of thioether (sulfide) groups is 1. The number of halogens is 1. The number of aromatic nitrogens is 2. The van der Waals surface area contributed by atoms with E-state index in [9.17, 15) is 9.18 Å². The van der Waals surface area contributed by atoms with E-state index in [1.165, 1.54) is 35.2 Å². The maximum absolute atomic E-state index is 13.1. The van der Waals surface area contributed by atoms with Crippen LogP contribution in [0, 0.1) is 5.82 Å². The number of ether oxygens (including phenoxy) is 1. The molecule has 0 fully saturated rings. The average Bonchev–Trinajstić information content (AvgIpc) is 2.97. The molecular formula is C16H15FN2O2S2. The van der Waals surface area contributed by atoms with Crippen molar-refractivity contribution >= 4 is 33.3 Å². The van der Waals surface area contributed by atoms with Gasteiger partial charge in [-0.2, -0.15) is 0 Å². The van der Waals surface area contributed by atoms with Crippen molar-refractivity contribution in [1.29, 1.82) is 0 Å². The summed E-state index contributed by atoms with van der Waals surface area (Å²) < 4.78 is 18.3. The SMILES string of the molecule is CCOCCSc1nc2scc(-c3ccc(F)cc3)c2c(=O)[nH]1. The molecule has 0 saturated carbocycles. The van der Waals surface area contributed by atoms with Crippen molar-refractivity contribution < 1.29 is 9.13 Å². The van der Waals surface area contributed by atoms with Gasteiger partial charge in [-0.05, 0) is 24.6 Å². The van der Waals surface area contributed by atoms with Gasteiger partial charge in [0.15, 0.2) is 5.16 Å². The van der Waals surface area contributed by atoms with E-state index in [1.807, 2.05) is 12.3 Å². The van der Waals surface area contributed by atoms with E-state index in [1.54, 1.807) is 12.1 Å². The minimum absolute atomic E-state index is 0.172.